The number of piperidine rings is 1. The highest BCUT2D eigenvalue weighted by atomic mass is 16.5. The molecule has 148 valence electrons. The third kappa shape index (κ3) is 3.12. The van der Waals surface area contributed by atoms with Gasteiger partial charge in [-0.05, 0) is 30.2 Å². The van der Waals surface area contributed by atoms with Crippen LogP contribution in [-0.2, 0) is 22.6 Å². The SMILES string of the molecule is O=C1CCC(N2Cc3c(OCC4Cc5ccccc5O4)cccc3C2=O)C(=O)N1. The van der Waals surface area contributed by atoms with Gasteiger partial charge in [0.15, 0.2) is 0 Å². The second kappa shape index (κ2) is 6.92. The fourth-order valence-electron chi connectivity index (χ4n) is 4.22. The summed E-state index contributed by atoms with van der Waals surface area (Å²) in [7, 11) is 0. The zero-order valence-electron chi connectivity index (χ0n) is 15.7. The Bertz CT molecular complexity index is 993. The van der Waals surface area contributed by atoms with Crippen LogP contribution in [0.4, 0.5) is 0 Å². The molecule has 2 atom stereocenters. The van der Waals surface area contributed by atoms with Crippen LogP contribution in [0.25, 0.3) is 0 Å². The minimum Gasteiger partial charge on any atom is -0.489 e. The number of imide groups is 1. The molecule has 1 saturated heterocycles. The molecular formula is C22H20N2O5. The summed E-state index contributed by atoms with van der Waals surface area (Å²) in [6.07, 6.45) is 1.28. The monoisotopic (exact) mass is 392 g/mol. The predicted octanol–water partition coefficient (Wildman–Crippen LogP) is 1.83. The summed E-state index contributed by atoms with van der Waals surface area (Å²) in [6.45, 7) is 0.667. The molecule has 0 aromatic heterocycles. The largest absolute Gasteiger partial charge is 0.489 e. The van der Waals surface area contributed by atoms with E-state index in [9.17, 15) is 14.4 Å². The number of ether oxygens (including phenoxy) is 2. The molecule has 7 nitrogen and oxygen atoms in total. The van der Waals surface area contributed by atoms with Gasteiger partial charge in [-0.25, -0.2) is 0 Å². The van der Waals surface area contributed by atoms with Crippen LogP contribution < -0.4 is 14.8 Å². The Labute approximate surface area is 167 Å². The zero-order valence-corrected chi connectivity index (χ0v) is 15.7. The fraction of sp³-hybridized carbons (Fsp3) is 0.318. The van der Waals surface area contributed by atoms with E-state index < -0.39 is 11.9 Å². The first kappa shape index (κ1) is 17.7. The maximum absolute atomic E-state index is 12.9. The zero-order chi connectivity index (χ0) is 20.0. The van der Waals surface area contributed by atoms with E-state index in [2.05, 4.69) is 5.32 Å². The molecule has 0 spiro atoms. The standard InChI is InChI=1S/C22H20N2O5/c25-20-9-8-17(21(26)23-20)24-11-16-15(22(24)27)5-3-7-19(16)28-12-14-10-13-4-1-2-6-18(13)29-14/h1-7,14,17H,8-12H2,(H,23,25,26). The average Bonchev–Trinajstić information content (AvgIpc) is 3.28. The Kier molecular flexibility index (Phi) is 4.23. The van der Waals surface area contributed by atoms with E-state index in [1.165, 1.54) is 10.5 Å². The number of amides is 3. The summed E-state index contributed by atoms with van der Waals surface area (Å²) in [5.74, 6) is 0.604. The van der Waals surface area contributed by atoms with E-state index in [1.807, 2.05) is 30.3 Å². The molecule has 2 aromatic rings. The Hall–Kier alpha value is -3.35. The van der Waals surface area contributed by atoms with Crippen LogP contribution >= 0.6 is 0 Å². The third-order valence-corrected chi connectivity index (χ3v) is 5.68. The van der Waals surface area contributed by atoms with Gasteiger partial charge >= 0.3 is 0 Å². The highest BCUT2D eigenvalue weighted by Gasteiger charge is 2.40. The van der Waals surface area contributed by atoms with Gasteiger partial charge in [-0.2, -0.15) is 0 Å². The second-order valence-corrected chi connectivity index (χ2v) is 7.54. The summed E-state index contributed by atoms with van der Waals surface area (Å²) in [4.78, 5) is 38.0. The molecule has 5 rings (SSSR count). The van der Waals surface area contributed by atoms with E-state index >= 15 is 0 Å². The molecular weight excluding hydrogens is 372 g/mol. The quantitative estimate of drug-likeness (QED) is 0.803. The van der Waals surface area contributed by atoms with Crippen LogP contribution in [0, 0.1) is 0 Å². The number of nitrogens with zero attached hydrogens (tertiary/aromatic N) is 1. The van der Waals surface area contributed by atoms with Crippen LogP contribution in [-0.4, -0.2) is 41.4 Å². The first-order chi connectivity index (χ1) is 14.1. The Morgan fingerprint density at radius 3 is 2.79 bits per heavy atom. The third-order valence-electron chi connectivity index (χ3n) is 5.68. The second-order valence-electron chi connectivity index (χ2n) is 7.54. The molecule has 1 N–H and O–H groups in total. The number of carbonyl (C=O) groups is 3. The van der Waals surface area contributed by atoms with Gasteiger partial charge in [-0.3, -0.25) is 19.7 Å². The van der Waals surface area contributed by atoms with Crippen molar-refractivity contribution in [3.8, 4) is 11.5 Å². The summed E-state index contributed by atoms with van der Waals surface area (Å²) < 4.78 is 12.0. The molecule has 3 aliphatic heterocycles. The van der Waals surface area contributed by atoms with Gasteiger partial charge in [-0.1, -0.05) is 24.3 Å². The highest BCUT2D eigenvalue weighted by molar-refractivity contribution is 6.05. The van der Waals surface area contributed by atoms with Crippen molar-refractivity contribution in [1.29, 1.82) is 0 Å². The van der Waals surface area contributed by atoms with Crippen molar-refractivity contribution >= 4 is 17.7 Å². The number of hydrogen-bond acceptors (Lipinski definition) is 5. The molecule has 3 heterocycles. The Morgan fingerprint density at radius 2 is 1.97 bits per heavy atom. The van der Waals surface area contributed by atoms with E-state index in [1.54, 1.807) is 12.1 Å². The first-order valence-corrected chi connectivity index (χ1v) is 9.74. The minimum atomic E-state index is -0.631. The van der Waals surface area contributed by atoms with Crippen molar-refractivity contribution < 1.29 is 23.9 Å². The number of nitrogens with one attached hydrogen (secondary N) is 1. The molecule has 0 saturated carbocycles. The van der Waals surface area contributed by atoms with Crippen molar-refractivity contribution in [3.05, 3.63) is 59.2 Å². The minimum absolute atomic E-state index is 0.0772. The van der Waals surface area contributed by atoms with Gasteiger partial charge in [0.2, 0.25) is 11.8 Å². The van der Waals surface area contributed by atoms with E-state index in [0.717, 1.165) is 17.7 Å². The molecule has 3 aliphatic rings. The smallest absolute Gasteiger partial charge is 0.255 e. The molecule has 3 amide bonds. The van der Waals surface area contributed by atoms with E-state index in [4.69, 9.17) is 9.47 Å². The Balaban J connectivity index is 1.30. The number of para-hydroxylation sites is 1. The van der Waals surface area contributed by atoms with Crippen LogP contribution in [0.15, 0.2) is 42.5 Å². The molecule has 1 fully saturated rings. The number of benzene rings is 2. The number of fused-ring (bicyclic) bond motifs is 2. The number of rotatable bonds is 4. The van der Waals surface area contributed by atoms with Gasteiger partial charge in [0, 0.05) is 24.0 Å². The number of carbonyl (C=O) groups excluding carboxylic acids is 3. The van der Waals surface area contributed by atoms with Crippen molar-refractivity contribution in [1.82, 2.24) is 10.2 Å². The summed E-state index contributed by atoms with van der Waals surface area (Å²) in [5.41, 5.74) is 2.49. The van der Waals surface area contributed by atoms with Crippen LogP contribution in [0.2, 0.25) is 0 Å². The highest BCUT2D eigenvalue weighted by Crippen LogP contribution is 2.34. The van der Waals surface area contributed by atoms with Gasteiger partial charge in [0.1, 0.15) is 30.3 Å². The van der Waals surface area contributed by atoms with Gasteiger partial charge in [-0.15, -0.1) is 0 Å². The van der Waals surface area contributed by atoms with E-state index in [0.29, 0.717) is 30.9 Å². The molecule has 0 bridgehead atoms. The molecule has 29 heavy (non-hydrogen) atoms. The predicted molar refractivity (Wildman–Crippen MR) is 103 cm³/mol. The van der Waals surface area contributed by atoms with Gasteiger partial charge in [0.25, 0.3) is 5.91 Å². The van der Waals surface area contributed by atoms with Crippen LogP contribution in [0.3, 0.4) is 0 Å². The van der Waals surface area contributed by atoms with Crippen molar-refractivity contribution in [2.24, 2.45) is 0 Å². The first-order valence-electron chi connectivity index (χ1n) is 9.74. The van der Waals surface area contributed by atoms with Gasteiger partial charge < -0.3 is 14.4 Å². The molecule has 0 aliphatic carbocycles. The maximum atomic E-state index is 12.9. The fourth-order valence-corrected chi connectivity index (χ4v) is 4.22. The lowest BCUT2D eigenvalue weighted by molar-refractivity contribution is -0.136. The molecule has 2 unspecified atom stereocenters. The number of hydrogen-bond donors (Lipinski definition) is 1. The van der Waals surface area contributed by atoms with Crippen molar-refractivity contribution in [3.63, 3.8) is 0 Å². The summed E-state index contributed by atoms with van der Waals surface area (Å²) in [6, 6.07) is 12.7. The maximum Gasteiger partial charge on any atom is 0.255 e. The molecule has 7 heteroatoms. The lowest BCUT2D eigenvalue weighted by Gasteiger charge is -2.29. The average molecular weight is 392 g/mol. The normalized spacial score (nSPS) is 22.8. The van der Waals surface area contributed by atoms with Crippen molar-refractivity contribution in [2.45, 2.75) is 38.0 Å². The van der Waals surface area contributed by atoms with Crippen molar-refractivity contribution in [2.75, 3.05) is 6.61 Å². The van der Waals surface area contributed by atoms with E-state index in [-0.39, 0.29) is 24.3 Å². The lowest BCUT2D eigenvalue weighted by Crippen LogP contribution is -2.52. The summed E-state index contributed by atoms with van der Waals surface area (Å²) >= 11 is 0. The summed E-state index contributed by atoms with van der Waals surface area (Å²) in [5, 5.41) is 2.32. The van der Waals surface area contributed by atoms with Crippen LogP contribution in [0.1, 0.15) is 34.3 Å². The molecule has 0 radical (unpaired) electrons. The van der Waals surface area contributed by atoms with Crippen LogP contribution in [0.5, 0.6) is 11.5 Å². The topological polar surface area (TPSA) is 84.9 Å². The van der Waals surface area contributed by atoms with Gasteiger partial charge in [0.05, 0.1) is 6.54 Å². The lowest BCUT2D eigenvalue weighted by atomic mass is 10.0. The molecule has 2 aromatic carbocycles. The Morgan fingerprint density at radius 1 is 1.10 bits per heavy atom.